The Balaban J connectivity index is 1.36. The smallest absolute Gasteiger partial charge is 0.238 e. The highest BCUT2D eigenvalue weighted by Gasteiger charge is 2.55. The fourth-order valence-electron chi connectivity index (χ4n) is 7.03. The van der Waals surface area contributed by atoms with Crippen LogP contribution < -0.4 is 15.0 Å². The molecule has 0 radical (unpaired) electrons. The van der Waals surface area contributed by atoms with Gasteiger partial charge in [0.2, 0.25) is 11.8 Å². The number of methoxy groups -OCH3 is 1. The molecule has 2 aliphatic rings. The third kappa shape index (κ3) is 7.42. The van der Waals surface area contributed by atoms with Crippen molar-refractivity contribution in [1.29, 1.82) is 0 Å². The quantitative estimate of drug-likeness (QED) is 0.0808. The monoisotopic (exact) mass is 750 g/mol. The molecule has 3 aromatic carbocycles. The maximum atomic E-state index is 14.0. The highest BCUT2D eigenvalue weighted by Crippen LogP contribution is 2.48. The number of aliphatic hydroxyl groups excluding tert-OH is 2. The van der Waals surface area contributed by atoms with Gasteiger partial charge in [0.15, 0.2) is 11.5 Å². The van der Waals surface area contributed by atoms with Crippen LogP contribution in [-0.2, 0) is 9.59 Å². The van der Waals surface area contributed by atoms with E-state index in [0.29, 0.717) is 40.7 Å². The topological polar surface area (TPSA) is 119 Å². The summed E-state index contributed by atoms with van der Waals surface area (Å²) >= 11 is 2.07. The summed E-state index contributed by atoms with van der Waals surface area (Å²) in [6.45, 7) is 3.79. The van der Waals surface area contributed by atoms with Gasteiger partial charge in [0.25, 0.3) is 0 Å². The van der Waals surface area contributed by atoms with Gasteiger partial charge in [-0.05, 0) is 114 Å². The van der Waals surface area contributed by atoms with E-state index in [9.17, 15) is 24.9 Å². The van der Waals surface area contributed by atoms with Crippen molar-refractivity contribution in [2.45, 2.75) is 58.5 Å². The zero-order valence-corrected chi connectivity index (χ0v) is 29.2. The number of fused-ring (bicyclic) bond motifs is 1. The summed E-state index contributed by atoms with van der Waals surface area (Å²) in [4.78, 5) is 29.1. The average molecular weight is 751 g/mol. The van der Waals surface area contributed by atoms with Gasteiger partial charge in [-0.25, -0.2) is 0 Å². The van der Waals surface area contributed by atoms with Crippen molar-refractivity contribution in [2.75, 3.05) is 23.9 Å². The van der Waals surface area contributed by atoms with E-state index < -0.39 is 23.9 Å². The number of amides is 2. The van der Waals surface area contributed by atoms with Gasteiger partial charge >= 0.3 is 0 Å². The molecule has 4 N–H and O–H groups in total. The minimum atomic E-state index is -0.862. The SMILES string of the molecule is CCCC1=C([C@H](O)CC/C(=C/c2cc(I)c(O)c(OC)c2)CC)[C@H](CO)[C@@H]2C(=O)N(c3ccc(Nc4ccccc4)cc3)C(=O)[C@@H]2C1. The molecule has 248 valence electrons. The van der Waals surface area contributed by atoms with Gasteiger partial charge in [-0.1, -0.05) is 55.7 Å². The summed E-state index contributed by atoms with van der Waals surface area (Å²) in [5.74, 6) is -2.00. The number of carbonyl (C=O) groups excluding carboxylic acids is 2. The van der Waals surface area contributed by atoms with E-state index in [4.69, 9.17) is 4.74 Å². The molecule has 0 bridgehead atoms. The number of aromatic hydroxyl groups is 1. The van der Waals surface area contributed by atoms with Crippen LogP contribution in [0.4, 0.5) is 17.1 Å². The van der Waals surface area contributed by atoms with Crippen LogP contribution in [0.25, 0.3) is 6.08 Å². The fourth-order valence-corrected chi connectivity index (χ4v) is 7.66. The zero-order valence-electron chi connectivity index (χ0n) is 27.1. The number of anilines is 3. The summed E-state index contributed by atoms with van der Waals surface area (Å²) in [7, 11) is 1.52. The first-order chi connectivity index (χ1) is 22.7. The molecule has 0 unspecified atom stereocenters. The van der Waals surface area contributed by atoms with E-state index in [2.05, 4.69) is 47.8 Å². The Kier molecular flexibility index (Phi) is 11.4. The lowest BCUT2D eigenvalue weighted by molar-refractivity contribution is -0.123. The molecule has 2 amide bonds. The fraction of sp³-hybridized carbons (Fsp3) is 0.368. The summed E-state index contributed by atoms with van der Waals surface area (Å²) in [6, 6.07) is 20.7. The largest absolute Gasteiger partial charge is 0.504 e. The molecule has 1 aliphatic carbocycles. The Hall–Kier alpha value is -3.67. The number of ether oxygens (including phenoxy) is 1. The van der Waals surface area contributed by atoms with Gasteiger partial charge < -0.3 is 25.4 Å². The van der Waals surface area contributed by atoms with Gasteiger partial charge in [-0.15, -0.1) is 0 Å². The summed E-state index contributed by atoms with van der Waals surface area (Å²) in [5, 5.41) is 36.0. The van der Waals surface area contributed by atoms with Crippen molar-refractivity contribution in [2.24, 2.45) is 17.8 Å². The summed E-state index contributed by atoms with van der Waals surface area (Å²) in [6.07, 6.45) is 4.90. The third-order valence-corrected chi connectivity index (χ3v) is 10.1. The van der Waals surface area contributed by atoms with Crippen LogP contribution in [0.3, 0.4) is 0 Å². The predicted molar refractivity (Wildman–Crippen MR) is 194 cm³/mol. The maximum Gasteiger partial charge on any atom is 0.238 e. The number of nitrogens with zero attached hydrogens (tertiary/aromatic N) is 1. The molecule has 5 rings (SSSR count). The second-order valence-electron chi connectivity index (χ2n) is 12.2. The number of allylic oxidation sites excluding steroid dienone is 2. The second-order valence-corrected chi connectivity index (χ2v) is 13.4. The van der Waals surface area contributed by atoms with Crippen LogP contribution in [-0.4, -0.2) is 47.0 Å². The Morgan fingerprint density at radius 2 is 1.77 bits per heavy atom. The normalized spacial score (nSPS) is 20.4. The molecule has 47 heavy (non-hydrogen) atoms. The number of aliphatic hydroxyl groups is 2. The van der Waals surface area contributed by atoms with Gasteiger partial charge in [0.1, 0.15) is 0 Å². The molecule has 9 heteroatoms. The second kappa shape index (κ2) is 15.5. The number of para-hydroxylation sites is 1. The van der Waals surface area contributed by atoms with Crippen LogP contribution in [0.15, 0.2) is 83.4 Å². The molecular weight excluding hydrogens is 707 g/mol. The van der Waals surface area contributed by atoms with Crippen LogP contribution in [0.2, 0.25) is 0 Å². The standard InChI is InChI=1S/C38H43IN2O6/c1-4-9-25-21-29-35(38(46)41(37(29)45)28-15-13-27(14-16-28)40-26-10-7-6-8-11-26)30(22-42)34(25)32(43)17-12-23(5-2)18-24-19-31(39)36(44)33(20-24)47-3/h6-8,10-11,13-16,18-20,29-30,32,35,40,42-44H,4-5,9,12,17,21-22H2,1-3H3/b23-18+/t29-,30+,32-,35-/m1/s1. The summed E-state index contributed by atoms with van der Waals surface area (Å²) in [5.41, 5.74) is 5.98. The lowest BCUT2D eigenvalue weighted by Crippen LogP contribution is -2.39. The molecule has 0 saturated carbocycles. The minimum Gasteiger partial charge on any atom is -0.504 e. The van der Waals surface area contributed by atoms with Crippen LogP contribution in [0, 0.1) is 21.3 Å². The first-order valence-electron chi connectivity index (χ1n) is 16.3. The Labute approximate surface area is 290 Å². The van der Waals surface area contributed by atoms with E-state index >= 15 is 0 Å². The predicted octanol–water partition coefficient (Wildman–Crippen LogP) is 7.60. The number of rotatable bonds is 13. The molecule has 1 heterocycles. The van der Waals surface area contributed by atoms with E-state index in [1.54, 1.807) is 18.2 Å². The van der Waals surface area contributed by atoms with Gasteiger partial charge in [-0.3, -0.25) is 14.5 Å². The molecular formula is C38H43IN2O6. The van der Waals surface area contributed by atoms with Gasteiger partial charge in [0, 0.05) is 17.3 Å². The maximum absolute atomic E-state index is 14.0. The molecule has 8 nitrogen and oxygen atoms in total. The van der Waals surface area contributed by atoms with Crippen LogP contribution >= 0.6 is 22.6 Å². The average Bonchev–Trinajstić information content (AvgIpc) is 3.33. The number of carbonyl (C=O) groups is 2. The first kappa shape index (κ1) is 34.7. The van der Waals surface area contributed by atoms with Crippen molar-refractivity contribution >= 4 is 57.5 Å². The highest BCUT2D eigenvalue weighted by atomic mass is 127. The molecule has 1 aliphatic heterocycles. The van der Waals surface area contributed by atoms with Gasteiger partial charge in [0.05, 0.1) is 40.9 Å². The number of imide groups is 1. The Bertz CT molecular complexity index is 1650. The number of hydrogen-bond donors (Lipinski definition) is 4. The van der Waals surface area contributed by atoms with Crippen molar-refractivity contribution in [3.63, 3.8) is 0 Å². The number of benzene rings is 3. The van der Waals surface area contributed by atoms with E-state index in [1.165, 1.54) is 12.0 Å². The van der Waals surface area contributed by atoms with Crippen molar-refractivity contribution < 1.29 is 29.6 Å². The molecule has 1 fully saturated rings. The summed E-state index contributed by atoms with van der Waals surface area (Å²) < 4.78 is 6.01. The molecule has 1 saturated heterocycles. The number of halogens is 1. The van der Waals surface area contributed by atoms with Gasteiger partial charge in [-0.2, -0.15) is 0 Å². The number of nitrogens with one attached hydrogen (secondary N) is 1. The zero-order chi connectivity index (χ0) is 33.7. The van der Waals surface area contributed by atoms with Crippen molar-refractivity contribution in [3.05, 3.63) is 92.6 Å². The Morgan fingerprint density at radius 1 is 1.06 bits per heavy atom. The van der Waals surface area contributed by atoms with E-state index in [-0.39, 0.29) is 24.2 Å². The molecule has 0 spiro atoms. The number of hydrogen-bond acceptors (Lipinski definition) is 7. The van der Waals surface area contributed by atoms with E-state index in [0.717, 1.165) is 46.5 Å². The minimum absolute atomic E-state index is 0.107. The van der Waals surface area contributed by atoms with Crippen LogP contribution in [0.5, 0.6) is 11.5 Å². The number of phenols is 1. The molecule has 0 aromatic heterocycles. The third-order valence-electron chi connectivity index (χ3n) is 9.31. The number of phenolic OH excluding ortho intramolecular Hbond substituents is 1. The van der Waals surface area contributed by atoms with E-state index in [1.807, 2.05) is 48.5 Å². The molecule has 3 aromatic rings. The van der Waals surface area contributed by atoms with Crippen LogP contribution in [0.1, 0.15) is 57.9 Å². The Morgan fingerprint density at radius 3 is 2.40 bits per heavy atom. The lowest BCUT2D eigenvalue weighted by atomic mass is 9.67. The highest BCUT2D eigenvalue weighted by molar-refractivity contribution is 14.1. The van der Waals surface area contributed by atoms with Crippen molar-refractivity contribution in [1.82, 2.24) is 0 Å². The molecule has 4 atom stereocenters. The lowest BCUT2D eigenvalue weighted by Gasteiger charge is -2.36. The first-order valence-corrected chi connectivity index (χ1v) is 17.3. The van der Waals surface area contributed by atoms with Crippen molar-refractivity contribution in [3.8, 4) is 11.5 Å².